The van der Waals surface area contributed by atoms with Gasteiger partial charge < -0.3 is 10.1 Å². The molecule has 1 N–H and O–H groups in total. The molecule has 0 aliphatic heterocycles. The molecule has 1 heterocycles. The molecule has 0 radical (unpaired) electrons. The topological polar surface area (TPSA) is 51.2 Å². The molecule has 1 aromatic heterocycles. The molecule has 1 unspecified atom stereocenters. The quantitative estimate of drug-likeness (QED) is 0.241. The van der Waals surface area contributed by atoms with Crippen LogP contribution in [-0.4, -0.2) is 24.0 Å². The molecule has 31 heavy (non-hydrogen) atoms. The third kappa shape index (κ3) is 9.65. The van der Waals surface area contributed by atoms with E-state index in [2.05, 4.69) is 48.4 Å². The Morgan fingerprint density at radius 1 is 1.16 bits per heavy atom. The smallest absolute Gasteiger partial charge is 0.244 e. The molecule has 0 fully saturated rings. The number of benzene rings is 1. The van der Waals surface area contributed by atoms with Crippen molar-refractivity contribution in [1.82, 2.24) is 10.3 Å². The highest BCUT2D eigenvalue weighted by Crippen LogP contribution is 2.23. The molecule has 0 bridgehead atoms. The minimum Gasteiger partial charge on any atom is -0.497 e. The number of hydrogen-bond acceptors (Lipinski definition) is 3. The van der Waals surface area contributed by atoms with Crippen molar-refractivity contribution < 1.29 is 9.53 Å². The second-order valence-corrected chi connectivity index (χ2v) is 7.90. The molecular weight excluding hydrogens is 384 g/mol. The van der Waals surface area contributed by atoms with Crippen LogP contribution in [-0.2, 0) is 11.2 Å². The first-order valence-electron chi connectivity index (χ1n) is 11.3. The highest BCUT2D eigenvalue weighted by atomic mass is 16.5. The molecule has 4 heteroatoms. The first-order chi connectivity index (χ1) is 15.1. The van der Waals surface area contributed by atoms with Gasteiger partial charge in [-0.3, -0.25) is 9.78 Å². The van der Waals surface area contributed by atoms with Crippen molar-refractivity contribution in [3.05, 3.63) is 78.1 Å². The SMILES string of the molecule is CCCCC/C(=C\C=C\C(=O)NC(C)CCCc1cccnc1)c1ccc(OC)cc1. The maximum atomic E-state index is 12.3. The van der Waals surface area contributed by atoms with Gasteiger partial charge in [-0.25, -0.2) is 0 Å². The van der Waals surface area contributed by atoms with Crippen LogP contribution in [0.25, 0.3) is 5.57 Å². The average Bonchev–Trinajstić information content (AvgIpc) is 2.79. The van der Waals surface area contributed by atoms with Gasteiger partial charge in [0.05, 0.1) is 7.11 Å². The molecule has 0 saturated heterocycles. The van der Waals surface area contributed by atoms with Crippen molar-refractivity contribution in [2.45, 2.75) is 64.8 Å². The van der Waals surface area contributed by atoms with Gasteiger partial charge in [0, 0.05) is 24.5 Å². The lowest BCUT2D eigenvalue weighted by atomic mass is 9.99. The number of aromatic nitrogens is 1. The molecule has 1 amide bonds. The van der Waals surface area contributed by atoms with E-state index in [0.29, 0.717) is 0 Å². The molecule has 0 aliphatic rings. The number of rotatable bonds is 13. The number of amides is 1. The number of ether oxygens (including phenoxy) is 1. The number of carbonyl (C=O) groups excluding carboxylic acids is 1. The second kappa shape index (κ2) is 14.2. The summed E-state index contributed by atoms with van der Waals surface area (Å²) in [5.74, 6) is 0.803. The lowest BCUT2D eigenvalue weighted by molar-refractivity contribution is -0.117. The Labute approximate surface area is 187 Å². The Morgan fingerprint density at radius 2 is 1.97 bits per heavy atom. The number of unbranched alkanes of at least 4 members (excludes halogenated alkanes) is 2. The number of carbonyl (C=O) groups is 1. The number of aryl methyl sites for hydroxylation is 1. The van der Waals surface area contributed by atoms with E-state index in [1.807, 2.05) is 30.5 Å². The fourth-order valence-electron chi connectivity index (χ4n) is 3.47. The summed E-state index contributed by atoms with van der Waals surface area (Å²) in [6.07, 6.45) is 16.7. The predicted molar refractivity (Wildman–Crippen MR) is 129 cm³/mol. The van der Waals surface area contributed by atoms with Crippen LogP contribution in [0.1, 0.15) is 63.5 Å². The third-order valence-corrected chi connectivity index (χ3v) is 5.27. The Morgan fingerprint density at radius 3 is 2.65 bits per heavy atom. The van der Waals surface area contributed by atoms with Crippen molar-refractivity contribution >= 4 is 11.5 Å². The summed E-state index contributed by atoms with van der Waals surface area (Å²) in [5, 5.41) is 3.06. The maximum absolute atomic E-state index is 12.3. The number of methoxy groups -OCH3 is 1. The number of nitrogens with zero attached hydrogens (tertiary/aromatic N) is 1. The van der Waals surface area contributed by atoms with Crippen molar-refractivity contribution in [2.24, 2.45) is 0 Å². The zero-order valence-corrected chi connectivity index (χ0v) is 19.1. The molecule has 1 aromatic carbocycles. The Balaban J connectivity index is 1.86. The molecular formula is C27H36N2O2. The van der Waals surface area contributed by atoms with Gasteiger partial charge in [0.1, 0.15) is 5.75 Å². The van der Waals surface area contributed by atoms with Gasteiger partial charge in [0.25, 0.3) is 0 Å². The van der Waals surface area contributed by atoms with Crippen LogP contribution in [0.4, 0.5) is 0 Å². The summed E-state index contributed by atoms with van der Waals surface area (Å²) in [6, 6.07) is 12.3. The van der Waals surface area contributed by atoms with Crippen molar-refractivity contribution in [1.29, 1.82) is 0 Å². The highest BCUT2D eigenvalue weighted by Gasteiger charge is 2.05. The summed E-state index contributed by atoms with van der Waals surface area (Å²) in [6.45, 7) is 4.26. The van der Waals surface area contributed by atoms with E-state index in [0.717, 1.165) is 37.9 Å². The zero-order valence-electron chi connectivity index (χ0n) is 19.1. The number of nitrogens with one attached hydrogen (secondary N) is 1. The summed E-state index contributed by atoms with van der Waals surface area (Å²) in [5.41, 5.74) is 3.65. The van der Waals surface area contributed by atoms with Crippen LogP contribution < -0.4 is 10.1 Å². The fourth-order valence-corrected chi connectivity index (χ4v) is 3.47. The van der Waals surface area contributed by atoms with Gasteiger partial charge >= 0.3 is 0 Å². The van der Waals surface area contributed by atoms with Gasteiger partial charge in [-0.1, -0.05) is 50.1 Å². The molecule has 2 aromatic rings. The average molecular weight is 421 g/mol. The van der Waals surface area contributed by atoms with Crippen LogP contribution in [0.3, 0.4) is 0 Å². The Bertz CT molecular complexity index is 826. The van der Waals surface area contributed by atoms with Gasteiger partial charge in [-0.2, -0.15) is 0 Å². The van der Waals surface area contributed by atoms with E-state index in [-0.39, 0.29) is 11.9 Å². The lowest BCUT2D eigenvalue weighted by Crippen LogP contribution is -2.31. The molecule has 4 nitrogen and oxygen atoms in total. The molecule has 0 spiro atoms. The van der Waals surface area contributed by atoms with Crippen LogP contribution in [0.15, 0.2) is 67.0 Å². The zero-order chi connectivity index (χ0) is 22.3. The van der Waals surface area contributed by atoms with Crippen LogP contribution in [0.5, 0.6) is 5.75 Å². The van der Waals surface area contributed by atoms with E-state index in [4.69, 9.17) is 4.74 Å². The van der Waals surface area contributed by atoms with E-state index < -0.39 is 0 Å². The molecule has 2 rings (SSSR count). The van der Waals surface area contributed by atoms with E-state index in [1.165, 1.54) is 29.5 Å². The summed E-state index contributed by atoms with van der Waals surface area (Å²) in [4.78, 5) is 16.4. The van der Waals surface area contributed by atoms with Crippen LogP contribution >= 0.6 is 0 Å². The monoisotopic (exact) mass is 420 g/mol. The molecule has 166 valence electrons. The van der Waals surface area contributed by atoms with E-state index in [1.54, 1.807) is 19.4 Å². The molecule has 1 atom stereocenters. The lowest BCUT2D eigenvalue weighted by Gasteiger charge is -2.12. The first-order valence-corrected chi connectivity index (χ1v) is 11.3. The Hall–Kier alpha value is -2.88. The maximum Gasteiger partial charge on any atom is 0.244 e. The van der Waals surface area contributed by atoms with Gasteiger partial charge in [0.2, 0.25) is 5.91 Å². The summed E-state index contributed by atoms with van der Waals surface area (Å²) < 4.78 is 5.26. The fraction of sp³-hybridized carbons (Fsp3) is 0.407. The standard InChI is InChI=1S/C27H36N2O2/c1-4-5-6-13-24(25-16-18-26(31-3)19-17-25)14-8-15-27(30)29-22(2)10-7-11-23-12-9-20-28-21-23/h8-9,12,14-22H,4-7,10-11,13H2,1-3H3,(H,29,30)/b15-8+,24-14+. The number of allylic oxidation sites excluding steroid dienone is 3. The highest BCUT2D eigenvalue weighted by molar-refractivity contribution is 5.88. The summed E-state index contributed by atoms with van der Waals surface area (Å²) >= 11 is 0. The summed E-state index contributed by atoms with van der Waals surface area (Å²) in [7, 11) is 1.67. The normalized spacial score (nSPS) is 12.7. The van der Waals surface area contributed by atoms with Gasteiger partial charge in [-0.05, 0) is 73.9 Å². The van der Waals surface area contributed by atoms with E-state index in [9.17, 15) is 4.79 Å². The predicted octanol–water partition coefficient (Wildman–Crippen LogP) is 6.14. The third-order valence-electron chi connectivity index (χ3n) is 5.27. The van der Waals surface area contributed by atoms with Crippen LogP contribution in [0.2, 0.25) is 0 Å². The van der Waals surface area contributed by atoms with Gasteiger partial charge in [0.15, 0.2) is 0 Å². The van der Waals surface area contributed by atoms with Crippen molar-refractivity contribution in [3.8, 4) is 5.75 Å². The van der Waals surface area contributed by atoms with Crippen molar-refractivity contribution in [2.75, 3.05) is 7.11 Å². The first kappa shape index (κ1) is 24.4. The molecule has 0 aliphatic carbocycles. The minimum atomic E-state index is -0.0484. The minimum absolute atomic E-state index is 0.0484. The van der Waals surface area contributed by atoms with Crippen LogP contribution in [0, 0.1) is 0 Å². The largest absolute Gasteiger partial charge is 0.497 e. The molecule has 0 saturated carbocycles. The Kier molecular flexibility index (Phi) is 11.2. The van der Waals surface area contributed by atoms with Crippen molar-refractivity contribution in [3.63, 3.8) is 0 Å². The second-order valence-electron chi connectivity index (χ2n) is 7.90. The van der Waals surface area contributed by atoms with E-state index >= 15 is 0 Å². The number of pyridine rings is 1. The van der Waals surface area contributed by atoms with Gasteiger partial charge in [-0.15, -0.1) is 0 Å². The number of hydrogen-bond donors (Lipinski definition) is 1.